The lowest BCUT2D eigenvalue weighted by Gasteiger charge is -2.51. The van der Waals surface area contributed by atoms with Crippen LogP contribution in [0.15, 0.2) is 36.5 Å². The van der Waals surface area contributed by atoms with E-state index in [4.69, 9.17) is 27.9 Å². The van der Waals surface area contributed by atoms with Crippen molar-refractivity contribution in [3.8, 4) is 0 Å². The Balaban J connectivity index is 1.48. The van der Waals surface area contributed by atoms with Crippen LogP contribution < -0.4 is 5.32 Å². The van der Waals surface area contributed by atoms with Crippen LogP contribution in [0.5, 0.6) is 0 Å². The third kappa shape index (κ3) is 4.50. The van der Waals surface area contributed by atoms with E-state index in [-0.39, 0.29) is 53.0 Å². The molecule has 3 heterocycles. The maximum Gasteiger partial charge on any atom is 0.236 e. The van der Waals surface area contributed by atoms with Crippen molar-refractivity contribution in [2.45, 2.75) is 82.7 Å². The Labute approximate surface area is 246 Å². The lowest BCUT2D eigenvalue weighted by molar-refractivity contribution is -0.127. The fraction of sp³-hybridized carbons (Fsp3) is 0.594. The summed E-state index contributed by atoms with van der Waals surface area (Å²) in [5.41, 5.74) is 1.47. The number of nitrogens with one attached hydrogen (secondary N) is 1. The van der Waals surface area contributed by atoms with Gasteiger partial charge in [-0.1, -0.05) is 43.1 Å². The minimum Gasteiger partial charge on any atom is -0.394 e. The van der Waals surface area contributed by atoms with Crippen LogP contribution in [-0.4, -0.2) is 41.1 Å². The van der Waals surface area contributed by atoms with E-state index in [1.807, 2.05) is 30.3 Å². The molecule has 40 heavy (non-hydrogen) atoms. The molecule has 1 aromatic carbocycles. The van der Waals surface area contributed by atoms with E-state index in [1.54, 1.807) is 6.20 Å². The number of ketones is 1. The average Bonchev–Trinajstić information content (AvgIpc) is 3.39. The standard InChI is InChI=1S/C32H38Cl2N2O4/c1-30(2)8-10-31(11-9-30)16-23(26(38)13-19-3-5-22(17-37)40-18-19)28(20-7-12-35-27(34)14-20)32(31)24-6-4-21(33)15-25(24)36-29(32)39/h4,6-7,12,14-15,19,22-23,28,37H,3,5,8-11,13,16-18H2,1-2H3,(H,36,39)/t19-,22-,23-,28-,32+/m0/s1. The molecule has 2 aromatic rings. The number of aromatic nitrogens is 1. The summed E-state index contributed by atoms with van der Waals surface area (Å²) in [4.78, 5) is 33.2. The van der Waals surface area contributed by atoms with E-state index >= 15 is 0 Å². The van der Waals surface area contributed by atoms with E-state index < -0.39 is 5.41 Å². The topological polar surface area (TPSA) is 88.5 Å². The zero-order valence-electron chi connectivity index (χ0n) is 23.2. The van der Waals surface area contributed by atoms with E-state index in [1.165, 1.54) is 0 Å². The molecule has 6 rings (SSSR count). The zero-order chi connectivity index (χ0) is 28.3. The number of hydrogen-bond acceptors (Lipinski definition) is 5. The van der Waals surface area contributed by atoms with Gasteiger partial charge in [0.25, 0.3) is 0 Å². The molecular formula is C32H38Cl2N2O4. The Morgan fingerprint density at radius 2 is 1.90 bits per heavy atom. The van der Waals surface area contributed by atoms with Gasteiger partial charge in [-0.3, -0.25) is 9.59 Å². The van der Waals surface area contributed by atoms with Gasteiger partial charge in [0.15, 0.2) is 0 Å². The van der Waals surface area contributed by atoms with Crippen molar-refractivity contribution in [3.63, 3.8) is 0 Å². The number of benzene rings is 1. The molecule has 0 unspecified atom stereocenters. The number of halogens is 2. The number of fused-ring (bicyclic) bond motifs is 3. The fourth-order valence-corrected chi connectivity index (χ4v) is 8.83. The molecule has 214 valence electrons. The van der Waals surface area contributed by atoms with Crippen molar-refractivity contribution in [3.05, 3.63) is 57.8 Å². The van der Waals surface area contributed by atoms with Crippen LogP contribution in [-0.2, 0) is 19.7 Å². The Hall–Kier alpha value is -1.99. The number of Topliss-reactive ketones (excluding diaryl/α,β-unsaturated/α-hetero) is 1. The molecule has 1 saturated heterocycles. The van der Waals surface area contributed by atoms with Gasteiger partial charge in [0.1, 0.15) is 10.9 Å². The number of amides is 1. The zero-order valence-corrected chi connectivity index (χ0v) is 24.7. The van der Waals surface area contributed by atoms with Crippen molar-refractivity contribution in [2.24, 2.45) is 22.7 Å². The Bertz CT molecular complexity index is 1310. The van der Waals surface area contributed by atoms with E-state index in [0.29, 0.717) is 29.6 Å². The lowest BCUT2D eigenvalue weighted by atomic mass is 9.51. The maximum atomic E-state index is 14.5. The molecule has 1 aromatic heterocycles. The van der Waals surface area contributed by atoms with Crippen LogP contribution in [0, 0.1) is 22.7 Å². The van der Waals surface area contributed by atoms with E-state index in [9.17, 15) is 14.7 Å². The van der Waals surface area contributed by atoms with Crippen LogP contribution in [0.1, 0.15) is 82.3 Å². The second-order valence-electron chi connectivity index (χ2n) is 13.3. The van der Waals surface area contributed by atoms with Crippen molar-refractivity contribution >= 4 is 40.6 Å². The SMILES string of the molecule is CC1(C)CCC2(CC1)C[C@@H](C(=O)C[C@@H]1CC[C@@H](CO)OC1)[C@H](c1ccnc(Cl)c1)[C@]21C(=O)Nc2cc(Cl)ccc21. The minimum atomic E-state index is -0.917. The number of aliphatic hydroxyl groups excluding tert-OH is 1. The quantitative estimate of drug-likeness (QED) is 0.381. The van der Waals surface area contributed by atoms with Crippen molar-refractivity contribution < 1.29 is 19.4 Å². The van der Waals surface area contributed by atoms with E-state index in [2.05, 4.69) is 24.1 Å². The number of nitrogens with zero attached hydrogens (tertiary/aromatic N) is 1. The van der Waals surface area contributed by atoms with Crippen LogP contribution >= 0.6 is 23.2 Å². The summed E-state index contributed by atoms with van der Waals surface area (Å²) in [7, 11) is 0. The molecule has 2 N–H and O–H groups in total. The summed E-state index contributed by atoms with van der Waals surface area (Å²) in [6.07, 6.45) is 7.94. The first-order valence-corrected chi connectivity index (χ1v) is 15.3. The number of rotatable bonds is 5. The van der Waals surface area contributed by atoms with Crippen molar-refractivity contribution in [1.29, 1.82) is 0 Å². The summed E-state index contributed by atoms with van der Waals surface area (Å²) in [5.74, 6) is -0.463. The third-order valence-electron chi connectivity index (χ3n) is 10.6. The van der Waals surface area contributed by atoms with Gasteiger partial charge in [-0.05, 0) is 97.1 Å². The summed E-state index contributed by atoms with van der Waals surface area (Å²) in [6, 6.07) is 9.49. The number of ether oxygens (including phenoxy) is 1. The molecule has 2 saturated carbocycles. The number of carbonyl (C=O) groups is 2. The van der Waals surface area contributed by atoms with Gasteiger partial charge in [-0.2, -0.15) is 0 Å². The van der Waals surface area contributed by atoms with Crippen LogP contribution in [0.25, 0.3) is 0 Å². The highest BCUT2D eigenvalue weighted by molar-refractivity contribution is 6.31. The van der Waals surface area contributed by atoms with Gasteiger partial charge in [-0.25, -0.2) is 4.98 Å². The number of anilines is 1. The smallest absolute Gasteiger partial charge is 0.236 e. The van der Waals surface area contributed by atoms with Crippen molar-refractivity contribution in [2.75, 3.05) is 18.5 Å². The van der Waals surface area contributed by atoms with Gasteiger partial charge in [0.2, 0.25) is 5.91 Å². The molecule has 3 fully saturated rings. The lowest BCUT2D eigenvalue weighted by Crippen LogP contribution is -2.52. The van der Waals surface area contributed by atoms with Crippen molar-refractivity contribution in [1.82, 2.24) is 4.98 Å². The van der Waals surface area contributed by atoms with Crippen LogP contribution in [0.4, 0.5) is 5.69 Å². The largest absolute Gasteiger partial charge is 0.394 e. The second kappa shape index (κ2) is 10.4. The third-order valence-corrected chi connectivity index (χ3v) is 11.0. The Morgan fingerprint density at radius 3 is 2.58 bits per heavy atom. The molecular weight excluding hydrogens is 547 g/mol. The molecule has 1 amide bonds. The summed E-state index contributed by atoms with van der Waals surface area (Å²) in [6.45, 7) is 5.08. The molecule has 2 aliphatic heterocycles. The summed E-state index contributed by atoms with van der Waals surface area (Å²) >= 11 is 12.9. The molecule has 4 aliphatic rings. The molecule has 0 radical (unpaired) electrons. The fourth-order valence-electron chi connectivity index (χ4n) is 8.47. The predicted octanol–water partition coefficient (Wildman–Crippen LogP) is 6.72. The van der Waals surface area contributed by atoms with Gasteiger partial charge in [0, 0.05) is 35.2 Å². The normalized spacial score (nSPS) is 32.3. The molecule has 2 aliphatic carbocycles. The van der Waals surface area contributed by atoms with Crippen LogP contribution in [0.3, 0.4) is 0 Å². The second-order valence-corrected chi connectivity index (χ2v) is 14.2. The van der Waals surface area contributed by atoms with Crippen LogP contribution in [0.2, 0.25) is 10.2 Å². The summed E-state index contributed by atoms with van der Waals surface area (Å²) in [5, 5.41) is 13.6. The molecule has 8 heteroatoms. The number of carbonyl (C=O) groups excluding carboxylic acids is 2. The highest BCUT2D eigenvalue weighted by Gasteiger charge is 2.72. The average molecular weight is 586 g/mol. The highest BCUT2D eigenvalue weighted by Crippen LogP contribution is 2.72. The number of aliphatic hydroxyl groups is 1. The first-order chi connectivity index (χ1) is 19.1. The van der Waals surface area contributed by atoms with Gasteiger partial charge >= 0.3 is 0 Å². The number of hydrogen-bond donors (Lipinski definition) is 2. The maximum absolute atomic E-state index is 14.5. The first-order valence-electron chi connectivity index (χ1n) is 14.6. The van der Waals surface area contributed by atoms with Gasteiger partial charge in [-0.15, -0.1) is 0 Å². The van der Waals surface area contributed by atoms with Gasteiger partial charge in [0.05, 0.1) is 24.7 Å². The highest BCUT2D eigenvalue weighted by atomic mass is 35.5. The monoisotopic (exact) mass is 584 g/mol. The molecule has 2 spiro atoms. The number of pyridine rings is 1. The Kier molecular flexibility index (Phi) is 7.30. The van der Waals surface area contributed by atoms with Gasteiger partial charge < -0.3 is 15.2 Å². The Morgan fingerprint density at radius 1 is 1.12 bits per heavy atom. The van der Waals surface area contributed by atoms with E-state index in [0.717, 1.165) is 55.3 Å². The minimum absolute atomic E-state index is 0.00803. The molecule has 5 atom stereocenters. The summed E-state index contributed by atoms with van der Waals surface area (Å²) < 4.78 is 5.83. The predicted molar refractivity (Wildman–Crippen MR) is 156 cm³/mol. The molecule has 6 nitrogen and oxygen atoms in total. The first kappa shape index (κ1) is 28.1. The molecule has 0 bridgehead atoms.